The standard InChI is InChI=1S/C24H25ClF2N2O/c1-2-22(28)24(16-11-17(26)13-18(27)12-16)8-5-19(6-9-24)30-21-4-3-15-14-29-10-7-20(15)23(21)25/h3-4,7,10-14,19,22H,2,5-6,8-9,28H2,1H3. The number of nitrogens with two attached hydrogens (primary N) is 1. The second-order valence-electron chi connectivity index (χ2n) is 8.12. The molecule has 1 heterocycles. The van der Waals surface area contributed by atoms with Gasteiger partial charge in [0.1, 0.15) is 17.4 Å². The number of nitrogens with zero attached hydrogens (tertiary/aromatic N) is 1. The van der Waals surface area contributed by atoms with Gasteiger partial charge < -0.3 is 10.5 Å². The van der Waals surface area contributed by atoms with E-state index in [1.807, 2.05) is 25.1 Å². The first-order chi connectivity index (χ1) is 14.4. The lowest BCUT2D eigenvalue weighted by molar-refractivity contribution is 0.103. The van der Waals surface area contributed by atoms with Crippen LogP contribution in [0.25, 0.3) is 10.8 Å². The molecular weight excluding hydrogens is 406 g/mol. The second-order valence-corrected chi connectivity index (χ2v) is 8.50. The molecular formula is C24H25ClF2N2O. The lowest BCUT2D eigenvalue weighted by Crippen LogP contribution is -2.49. The van der Waals surface area contributed by atoms with Crippen LogP contribution in [0.15, 0.2) is 48.8 Å². The molecule has 1 unspecified atom stereocenters. The molecule has 3 aromatic rings. The van der Waals surface area contributed by atoms with Crippen molar-refractivity contribution in [2.24, 2.45) is 5.73 Å². The molecule has 1 aliphatic carbocycles. The molecule has 6 heteroatoms. The normalized spacial score (nSPS) is 22.8. The number of pyridine rings is 1. The molecule has 1 saturated carbocycles. The molecule has 30 heavy (non-hydrogen) atoms. The molecule has 0 aliphatic heterocycles. The first-order valence-corrected chi connectivity index (χ1v) is 10.7. The Labute approximate surface area is 180 Å². The SMILES string of the molecule is CCC(N)C1(c2cc(F)cc(F)c2)CCC(Oc2ccc3cnccc3c2Cl)CC1. The first-order valence-electron chi connectivity index (χ1n) is 10.3. The van der Waals surface area contributed by atoms with Crippen LogP contribution < -0.4 is 10.5 Å². The van der Waals surface area contributed by atoms with Gasteiger partial charge in [-0.1, -0.05) is 18.5 Å². The Morgan fingerprint density at radius 2 is 1.87 bits per heavy atom. The average Bonchev–Trinajstić information content (AvgIpc) is 2.75. The molecule has 2 N–H and O–H groups in total. The van der Waals surface area contributed by atoms with Crippen molar-refractivity contribution in [2.75, 3.05) is 0 Å². The molecule has 1 aliphatic rings. The highest BCUT2D eigenvalue weighted by molar-refractivity contribution is 6.37. The van der Waals surface area contributed by atoms with Gasteiger partial charge in [0.05, 0.1) is 11.1 Å². The summed E-state index contributed by atoms with van der Waals surface area (Å²) in [5.41, 5.74) is 6.67. The summed E-state index contributed by atoms with van der Waals surface area (Å²) in [6.07, 6.45) is 7.04. The monoisotopic (exact) mass is 430 g/mol. The molecule has 158 valence electrons. The number of hydrogen-bond acceptors (Lipinski definition) is 3. The fraction of sp³-hybridized carbons (Fsp3) is 0.375. The maximum atomic E-state index is 13.9. The lowest BCUT2D eigenvalue weighted by Gasteiger charge is -2.44. The van der Waals surface area contributed by atoms with E-state index in [-0.39, 0.29) is 12.1 Å². The van der Waals surface area contributed by atoms with Crippen LogP contribution >= 0.6 is 11.6 Å². The first kappa shape index (κ1) is 21.0. The number of benzene rings is 2. The minimum Gasteiger partial charge on any atom is -0.489 e. The van der Waals surface area contributed by atoms with Crippen LogP contribution in [0.4, 0.5) is 8.78 Å². The van der Waals surface area contributed by atoms with Crippen LogP contribution in [-0.2, 0) is 5.41 Å². The molecule has 0 saturated heterocycles. The molecule has 0 radical (unpaired) electrons. The molecule has 2 aromatic carbocycles. The number of rotatable bonds is 5. The number of fused-ring (bicyclic) bond motifs is 1. The van der Waals surface area contributed by atoms with Gasteiger partial charge in [-0.2, -0.15) is 0 Å². The maximum absolute atomic E-state index is 13.9. The molecule has 0 spiro atoms. The molecule has 1 aromatic heterocycles. The summed E-state index contributed by atoms with van der Waals surface area (Å²) in [4.78, 5) is 4.12. The van der Waals surface area contributed by atoms with Gasteiger partial charge in [-0.05, 0) is 68.0 Å². The van der Waals surface area contributed by atoms with E-state index >= 15 is 0 Å². The number of ether oxygens (including phenoxy) is 1. The van der Waals surface area contributed by atoms with Gasteiger partial charge in [-0.15, -0.1) is 0 Å². The molecule has 3 nitrogen and oxygen atoms in total. The van der Waals surface area contributed by atoms with E-state index in [1.54, 1.807) is 12.4 Å². The van der Waals surface area contributed by atoms with E-state index < -0.39 is 17.0 Å². The third kappa shape index (κ3) is 3.88. The van der Waals surface area contributed by atoms with Crippen molar-refractivity contribution in [3.8, 4) is 5.75 Å². The van der Waals surface area contributed by atoms with E-state index in [2.05, 4.69) is 4.98 Å². The molecule has 4 rings (SSSR count). The highest BCUT2D eigenvalue weighted by atomic mass is 35.5. The topological polar surface area (TPSA) is 48.1 Å². The van der Waals surface area contributed by atoms with Gasteiger partial charge in [0.25, 0.3) is 0 Å². The fourth-order valence-electron chi connectivity index (χ4n) is 4.71. The quantitative estimate of drug-likeness (QED) is 0.527. The Balaban J connectivity index is 1.56. The van der Waals surface area contributed by atoms with E-state index in [1.165, 1.54) is 12.1 Å². The highest BCUT2D eigenvalue weighted by Crippen LogP contribution is 2.44. The average molecular weight is 431 g/mol. The van der Waals surface area contributed by atoms with Crippen molar-refractivity contribution in [2.45, 2.75) is 56.6 Å². The summed E-state index contributed by atoms with van der Waals surface area (Å²) in [5.74, 6) is -0.489. The van der Waals surface area contributed by atoms with Gasteiger partial charge in [-0.25, -0.2) is 8.78 Å². The Morgan fingerprint density at radius 3 is 2.53 bits per heavy atom. The van der Waals surface area contributed by atoms with Crippen molar-refractivity contribution >= 4 is 22.4 Å². The summed E-state index contributed by atoms with van der Waals surface area (Å²) >= 11 is 6.56. The van der Waals surface area contributed by atoms with Gasteiger partial charge >= 0.3 is 0 Å². The molecule has 1 atom stereocenters. The summed E-state index contributed by atoms with van der Waals surface area (Å²) in [7, 11) is 0. The van der Waals surface area contributed by atoms with E-state index in [9.17, 15) is 8.78 Å². The van der Waals surface area contributed by atoms with Gasteiger partial charge in [-0.3, -0.25) is 4.98 Å². The summed E-state index contributed by atoms with van der Waals surface area (Å²) in [6, 6.07) is 9.25. The number of halogens is 3. The highest BCUT2D eigenvalue weighted by Gasteiger charge is 2.42. The Hall–Kier alpha value is -2.24. The van der Waals surface area contributed by atoms with Crippen LogP contribution in [0, 0.1) is 11.6 Å². The Morgan fingerprint density at radius 1 is 1.17 bits per heavy atom. The molecule has 0 amide bonds. The van der Waals surface area contributed by atoms with Crippen LogP contribution in [0.5, 0.6) is 5.75 Å². The predicted molar refractivity (Wildman–Crippen MR) is 116 cm³/mol. The minimum absolute atomic E-state index is 0.0302. The molecule has 0 bridgehead atoms. The largest absolute Gasteiger partial charge is 0.489 e. The van der Waals surface area contributed by atoms with Gasteiger partial charge in [0.15, 0.2) is 0 Å². The zero-order chi connectivity index (χ0) is 21.3. The maximum Gasteiger partial charge on any atom is 0.138 e. The smallest absolute Gasteiger partial charge is 0.138 e. The third-order valence-corrected chi connectivity index (χ3v) is 6.81. The minimum atomic E-state index is -0.566. The third-order valence-electron chi connectivity index (χ3n) is 6.42. The van der Waals surface area contributed by atoms with Crippen molar-refractivity contribution in [1.29, 1.82) is 0 Å². The van der Waals surface area contributed by atoms with Crippen LogP contribution in [0.3, 0.4) is 0 Å². The van der Waals surface area contributed by atoms with E-state index in [0.29, 0.717) is 29.2 Å². The zero-order valence-electron chi connectivity index (χ0n) is 16.9. The van der Waals surface area contributed by atoms with Crippen molar-refractivity contribution in [3.05, 3.63) is 71.0 Å². The predicted octanol–water partition coefficient (Wildman–Crippen LogP) is 6.16. The van der Waals surface area contributed by atoms with Gasteiger partial charge in [0.2, 0.25) is 0 Å². The lowest BCUT2D eigenvalue weighted by atomic mass is 9.64. The number of hydrogen-bond donors (Lipinski definition) is 1. The van der Waals surface area contributed by atoms with Crippen molar-refractivity contribution < 1.29 is 13.5 Å². The van der Waals surface area contributed by atoms with E-state index in [0.717, 1.165) is 36.1 Å². The Kier molecular flexibility index (Phi) is 5.94. The van der Waals surface area contributed by atoms with Gasteiger partial charge in [0, 0.05) is 40.7 Å². The van der Waals surface area contributed by atoms with Crippen molar-refractivity contribution in [3.63, 3.8) is 0 Å². The van der Waals surface area contributed by atoms with Crippen LogP contribution in [0.1, 0.15) is 44.6 Å². The van der Waals surface area contributed by atoms with E-state index in [4.69, 9.17) is 22.1 Å². The summed E-state index contributed by atoms with van der Waals surface area (Å²) in [6.45, 7) is 2.01. The number of aromatic nitrogens is 1. The zero-order valence-corrected chi connectivity index (χ0v) is 17.6. The molecule has 1 fully saturated rings. The van der Waals surface area contributed by atoms with Crippen LogP contribution in [-0.4, -0.2) is 17.1 Å². The fourth-order valence-corrected chi connectivity index (χ4v) is 4.99. The summed E-state index contributed by atoms with van der Waals surface area (Å²) in [5, 5.41) is 2.43. The second kappa shape index (κ2) is 8.48. The van der Waals surface area contributed by atoms with Crippen LogP contribution in [0.2, 0.25) is 5.02 Å². The summed E-state index contributed by atoms with van der Waals surface area (Å²) < 4.78 is 34.1. The van der Waals surface area contributed by atoms with Crippen molar-refractivity contribution in [1.82, 2.24) is 4.98 Å². The Bertz CT molecular complexity index is 1030.